The number of carboxylic acids is 1. The van der Waals surface area contributed by atoms with Gasteiger partial charge in [0.1, 0.15) is 0 Å². The number of likely N-dealkylation sites (N-methyl/N-ethyl adjacent to an activating group) is 1. The zero-order valence-electron chi connectivity index (χ0n) is 10.8. The van der Waals surface area contributed by atoms with Crippen molar-refractivity contribution in [3.05, 3.63) is 0 Å². The van der Waals surface area contributed by atoms with Crippen LogP contribution < -0.4 is 0 Å². The van der Waals surface area contributed by atoms with E-state index < -0.39 is 27.4 Å². The summed E-state index contributed by atoms with van der Waals surface area (Å²) in [5.74, 6) is -1.34. The van der Waals surface area contributed by atoms with Gasteiger partial charge in [0.05, 0.1) is 26.9 Å². The maximum Gasteiger partial charge on any atom is 0.365 e. The smallest absolute Gasteiger partial charge is 0.365 e. The van der Waals surface area contributed by atoms with E-state index in [1.807, 2.05) is 0 Å². The summed E-state index contributed by atoms with van der Waals surface area (Å²) in [5, 5.41) is 9.36. The standard InChI is InChI=1S/C10H21NO5S/c1-5-10(9(12)13,11(2,3)4)7-6-8-17(14,15)16/h5-8H2,1-4H3,(H-,12,13,14,15,16)/p+1. The van der Waals surface area contributed by atoms with E-state index in [1.165, 1.54) is 0 Å². The average Bonchev–Trinajstić information content (AvgIpc) is 2.07. The highest BCUT2D eigenvalue weighted by Crippen LogP contribution is 2.29. The Kier molecular flexibility index (Phi) is 5.12. The van der Waals surface area contributed by atoms with Crippen LogP contribution in [0.25, 0.3) is 0 Å². The van der Waals surface area contributed by atoms with Gasteiger partial charge in [0, 0.05) is 12.8 Å². The number of rotatable bonds is 7. The van der Waals surface area contributed by atoms with Crippen molar-refractivity contribution in [2.24, 2.45) is 0 Å². The lowest BCUT2D eigenvalue weighted by Crippen LogP contribution is -2.61. The Balaban J connectivity index is 4.91. The quantitative estimate of drug-likeness (QED) is 0.521. The first-order valence-corrected chi connectivity index (χ1v) is 7.07. The first-order valence-electron chi connectivity index (χ1n) is 5.46. The Morgan fingerprint density at radius 3 is 2.00 bits per heavy atom. The van der Waals surface area contributed by atoms with Gasteiger partial charge in [-0.05, 0) is 6.42 Å². The first kappa shape index (κ1) is 16.3. The molecule has 0 spiro atoms. The summed E-state index contributed by atoms with van der Waals surface area (Å²) < 4.78 is 30.1. The molecule has 0 radical (unpaired) electrons. The third kappa shape index (κ3) is 4.25. The molecule has 0 aromatic carbocycles. The second-order valence-corrected chi connectivity index (χ2v) is 6.66. The molecule has 0 amide bonds. The Hall–Kier alpha value is -0.660. The van der Waals surface area contributed by atoms with Gasteiger partial charge in [-0.15, -0.1) is 0 Å². The molecular formula is C10H22NO5S+. The van der Waals surface area contributed by atoms with Crippen molar-refractivity contribution in [1.82, 2.24) is 0 Å². The minimum Gasteiger partial charge on any atom is -0.477 e. The molecule has 0 aliphatic heterocycles. The van der Waals surface area contributed by atoms with Crippen LogP contribution in [0.5, 0.6) is 0 Å². The van der Waals surface area contributed by atoms with E-state index in [-0.39, 0.29) is 17.3 Å². The second-order valence-electron chi connectivity index (χ2n) is 5.09. The molecule has 1 atom stereocenters. The molecule has 17 heavy (non-hydrogen) atoms. The van der Waals surface area contributed by atoms with Crippen LogP contribution in [0.15, 0.2) is 0 Å². The number of quaternary nitrogens is 1. The molecule has 6 nitrogen and oxygen atoms in total. The van der Waals surface area contributed by atoms with Gasteiger partial charge in [-0.2, -0.15) is 8.42 Å². The zero-order chi connectivity index (χ0) is 13.9. The molecule has 0 aliphatic rings. The molecule has 0 saturated heterocycles. The number of aliphatic carboxylic acids is 1. The van der Waals surface area contributed by atoms with Gasteiger partial charge in [-0.1, -0.05) is 6.92 Å². The highest BCUT2D eigenvalue weighted by Gasteiger charge is 2.48. The topological polar surface area (TPSA) is 91.7 Å². The average molecular weight is 268 g/mol. The second kappa shape index (κ2) is 5.32. The molecule has 0 aromatic heterocycles. The summed E-state index contributed by atoms with van der Waals surface area (Å²) in [7, 11) is 1.28. The molecule has 0 bridgehead atoms. The molecule has 7 heteroatoms. The molecule has 102 valence electrons. The van der Waals surface area contributed by atoms with E-state index in [2.05, 4.69) is 0 Å². The summed E-state index contributed by atoms with van der Waals surface area (Å²) >= 11 is 0. The fraction of sp³-hybridized carbons (Fsp3) is 0.900. The van der Waals surface area contributed by atoms with Gasteiger partial charge in [-0.3, -0.25) is 4.55 Å². The SMILES string of the molecule is CCC(CCCS(=O)(=O)O)(C(=O)O)[N+](C)(C)C. The number of carbonyl (C=O) groups is 1. The summed E-state index contributed by atoms with van der Waals surface area (Å²) in [6.07, 6.45) is 0.744. The van der Waals surface area contributed by atoms with E-state index in [9.17, 15) is 18.3 Å². The largest absolute Gasteiger partial charge is 0.477 e. The van der Waals surface area contributed by atoms with Crippen LogP contribution in [-0.2, 0) is 14.9 Å². The fourth-order valence-corrected chi connectivity index (χ4v) is 2.59. The lowest BCUT2D eigenvalue weighted by molar-refractivity contribution is -0.914. The molecule has 0 aliphatic carbocycles. The maximum atomic E-state index is 11.4. The minimum atomic E-state index is -4.03. The summed E-state index contributed by atoms with van der Waals surface area (Å²) in [4.78, 5) is 11.4. The van der Waals surface area contributed by atoms with Crippen LogP contribution in [0.3, 0.4) is 0 Å². The van der Waals surface area contributed by atoms with E-state index in [1.54, 1.807) is 28.1 Å². The predicted octanol–water partition coefficient (Wildman–Crippen LogP) is 0.594. The van der Waals surface area contributed by atoms with Gasteiger partial charge in [0.15, 0.2) is 5.54 Å². The maximum absolute atomic E-state index is 11.4. The summed E-state index contributed by atoms with van der Waals surface area (Å²) in [6.45, 7) is 1.77. The normalized spacial score (nSPS) is 16.5. The van der Waals surface area contributed by atoms with E-state index in [0.29, 0.717) is 6.42 Å². The number of carboxylic acid groups (broad SMARTS) is 1. The molecule has 0 fully saturated rings. The van der Waals surface area contributed by atoms with Gasteiger partial charge < -0.3 is 9.59 Å². The van der Waals surface area contributed by atoms with Crippen molar-refractivity contribution in [3.63, 3.8) is 0 Å². The van der Waals surface area contributed by atoms with Crippen molar-refractivity contribution < 1.29 is 27.4 Å². The minimum absolute atomic E-state index is 0.133. The van der Waals surface area contributed by atoms with Crippen LogP contribution >= 0.6 is 0 Å². The highest BCUT2D eigenvalue weighted by molar-refractivity contribution is 7.85. The summed E-state index contributed by atoms with van der Waals surface area (Å²) in [5.41, 5.74) is -1.02. The van der Waals surface area contributed by atoms with Crippen LogP contribution in [0.1, 0.15) is 26.2 Å². The van der Waals surface area contributed by atoms with Gasteiger partial charge >= 0.3 is 5.97 Å². The molecular weight excluding hydrogens is 246 g/mol. The van der Waals surface area contributed by atoms with E-state index in [0.717, 1.165) is 0 Å². The van der Waals surface area contributed by atoms with Crippen LogP contribution in [0.2, 0.25) is 0 Å². The molecule has 0 aromatic rings. The van der Waals surface area contributed by atoms with E-state index >= 15 is 0 Å². The zero-order valence-corrected chi connectivity index (χ0v) is 11.6. The van der Waals surface area contributed by atoms with Crippen molar-refractivity contribution in [2.45, 2.75) is 31.7 Å². The number of hydrogen-bond donors (Lipinski definition) is 2. The molecule has 2 N–H and O–H groups in total. The monoisotopic (exact) mass is 268 g/mol. The third-order valence-corrected chi connectivity index (χ3v) is 4.06. The Bertz CT molecular complexity index is 371. The molecule has 0 saturated carbocycles. The fourth-order valence-electron chi connectivity index (χ4n) is 2.08. The predicted molar refractivity (Wildman–Crippen MR) is 64.3 cm³/mol. The number of nitrogens with zero attached hydrogens (tertiary/aromatic N) is 1. The Morgan fingerprint density at radius 1 is 1.29 bits per heavy atom. The van der Waals surface area contributed by atoms with Crippen LogP contribution in [0.4, 0.5) is 0 Å². The van der Waals surface area contributed by atoms with Crippen molar-refractivity contribution in [1.29, 1.82) is 0 Å². The van der Waals surface area contributed by atoms with Gasteiger partial charge in [0.25, 0.3) is 10.1 Å². The molecule has 1 unspecified atom stereocenters. The van der Waals surface area contributed by atoms with Crippen molar-refractivity contribution >= 4 is 16.1 Å². The Morgan fingerprint density at radius 2 is 1.76 bits per heavy atom. The Labute approximate surface area is 103 Å². The molecule has 0 heterocycles. The summed E-state index contributed by atoms with van der Waals surface area (Å²) in [6, 6.07) is 0. The third-order valence-electron chi connectivity index (χ3n) is 3.26. The highest BCUT2D eigenvalue weighted by atomic mass is 32.2. The van der Waals surface area contributed by atoms with Gasteiger partial charge in [-0.25, -0.2) is 4.79 Å². The lowest BCUT2D eigenvalue weighted by Gasteiger charge is -2.42. The lowest BCUT2D eigenvalue weighted by atomic mass is 9.87. The van der Waals surface area contributed by atoms with Crippen molar-refractivity contribution in [3.8, 4) is 0 Å². The molecule has 0 rings (SSSR count). The van der Waals surface area contributed by atoms with Gasteiger partial charge in [0.2, 0.25) is 0 Å². The first-order chi connectivity index (χ1) is 7.46. The van der Waals surface area contributed by atoms with Crippen molar-refractivity contribution in [2.75, 3.05) is 26.9 Å². The van der Waals surface area contributed by atoms with E-state index in [4.69, 9.17) is 4.55 Å². The number of hydrogen-bond acceptors (Lipinski definition) is 3. The van der Waals surface area contributed by atoms with Crippen LogP contribution in [-0.4, -0.2) is 61.0 Å². The van der Waals surface area contributed by atoms with Crippen LogP contribution in [0, 0.1) is 0 Å².